The van der Waals surface area contributed by atoms with Gasteiger partial charge in [0.1, 0.15) is 5.75 Å². The highest BCUT2D eigenvalue weighted by atomic mass is 16.5. The van der Waals surface area contributed by atoms with Gasteiger partial charge in [-0.05, 0) is 87.3 Å². The van der Waals surface area contributed by atoms with E-state index in [-0.39, 0.29) is 0 Å². The first kappa shape index (κ1) is 20.4. The molecule has 0 radical (unpaired) electrons. The number of anilines is 2. The second-order valence-electron chi connectivity index (χ2n) is 8.36. The number of aryl methyl sites for hydroxylation is 2. The number of fused-ring (bicyclic) bond motifs is 2. The Bertz CT molecular complexity index is 1220. The number of nitrogens with one attached hydrogen (secondary N) is 1. The lowest BCUT2D eigenvalue weighted by molar-refractivity contribution is 0.281. The molecule has 0 saturated heterocycles. The molecule has 0 fully saturated rings. The van der Waals surface area contributed by atoms with E-state index in [1.807, 2.05) is 24.3 Å². The molecule has 1 aliphatic carbocycles. The first-order valence-corrected chi connectivity index (χ1v) is 11.0. The fourth-order valence-corrected chi connectivity index (χ4v) is 3.99. The Morgan fingerprint density at radius 2 is 1.91 bits per heavy atom. The Hall–Kier alpha value is -3.52. The molecule has 0 bridgehead atoms. The molecule has 5 rings (SSSR count). The third-order valence-electron chi connectivity index (χ3n) is 5.65. The van der Waals surface area contributed by atoms with Crippen molar-refractivity contribution >= 4 is 22.8 Å². The molecule has 0 atom stereocenters. The molecule has 0 amide bonds. The monoisotopic (exact) mass is 429 g/mol. The van der Waals surface area contributed by atoms with Crippen molar-refractivity contribution < 1.29 is 4.74 Å². The summed E-state index contributed by atoms with van der Waals surface area (Å²) in [5, 5.41) is 11.8. The fraction of sp³-hybridized carbons (Fsp3) is 0.333. The van der Waals surface area contributed by atoms with Gasteiger partial charge in [0.2, 0.25) is 5.95 Å². The van der Waals surface area contributed by atoms with Gasteiger partial charge in [-0.25, -0.2) is 4.98 Å². The van der Waals surface area contributed by atoms with E-state index in [1.165, 1.54) is 17.5 Å². The van der Waals surface area contributed by atoms with Gasteiger partial charge >= 0.3 is 0 Å². The molecule has 2 aromatic heterocycles. The van der Waals surface area contributed by atoms with Crippen LogP contribution in [0.4, 0.5) is 11.6 Å². The highest BCUT2D eigenvalue weighted by Gasteiger charge is 2.15. The summed E-state index contributed by atoms with van der Waals surface area (Å²) in [6.45, 7) is 1.71. The maximum Gasteiger partial charge on any atom is 0.229 e. The number of hydrogen-bond acceptors (Lipinski definition) is 7. The van der Waals surface area contributed by atoms with E-state index in [2.05, 4.69) is 62.8 Å². The van der Waals surface area contributed by atoms with Crippen LogP contribution in [0, 0.1) is 0 Å². The minimum atomic E-state index is 0.502. The quantitative estimate of drug-likeness (QED) is 0.427. The van der Waals surface area contributed by atoms with Gasteiger partial charge in [0.15, 0.2) is 11.2 Å². The molecule has 4 aromatic rings. The van der Waals surface area contributed by atoms with Crippen LogP contribution >= 0.6 is 0 Å². The number of rotatable bonds is 8. The molecular formula is C24H27N7O. The van der Waals surface area contributed by atoms with Crippen LogP contribution < -0.4 is 10.1 Å². The molecular weight excluding hydrogens is 402 g/mol. The van der Waals surface area contributed by atoms with Crippen molar-refractivity contribution in [2.75, 3.05) is 32.6 Å². The van der Waals surface area contributed by atoms with Gasteiger partial charge in [0.05, 0.1) is 18.5 Å². The van der Waals surface area contributed by atoms with Gasteiger partial charge in [-0.1, -0.05) is 11.3 Å². The van der Waals surface area contributed by atoms with Crippen molar-refractivity contribution in [2.24, 2.45) is 0 Å². The lowest BCUT2D eigenvalue weighted by atomic mass is 10.1. The van der Waals surface area contributed by atoms with Crippen LogP contribution in [-0.4, -0.2) is 57.1 Å². The van der Waals surface area contributed by atoms with Gasteiger partial charge in [0.25, 0.3) is 0 Å². The topological polar surface area (TPSA) is 81.0 Å². The Morgan fingerprint density at radius 1 is 1.06 bits per heavy atom. The normalized spacial score (nSPS) is 13.0. The van der Waals surface area contributed by atoms with Crippen LogP contribution in [0.2, 0.25) is 0 Å². The second kappa shape index (κ2) is 8.92. The SMILES string of the molecule is CN(C)CCCOc1ccc(Nc2ncc3nnn(-c4ccc5c(c4)CCC5)c3n2)cc1. The molecule has 8 nitrogen and oxygen atoms in total. The average molecular weight is 430 g/mol. The maximum atomic E-state index is 5.80. The first-order chi connectivity index (χ1) is 15.7. The number of aromatic nitrogens is 5. The Kier molecular flexibility index (Phi) is 5.68. The molecule has 0 aliphatic heterocycles. The summed E-state index contributed by atoms with van der Waals surface area (Å²) < 4.78 is 7.58. The first-order valence-electron chi connectivity index (χ1n) is 11.0. The van der Waals surface area contributed by atoms with Gasteiger partial charge < -0.3 is 15.0 Å². The van der Waals surface area contributed by atoms with Crippen molar-refractivity contribution in [1.82, 2.24) is 29.9 Å². The van der Waals surface area contributed by atoms with E-state index in [0.29, 0.717) is 23.7 Å². The smallest absolute Gasteiger partial charge is 0.229 e. The minimum absolute atomic E-state index is 0.502. The largest absolute Gasteiger partial charge is 0.494 e. The molecule has 2 aromatic carbocycles. The van der Waals surface area contributed by atoms with E-state index in [4.69, 9.17) is 4.74 Å². The van der Waals surface area contributed by atoms with E-state index in [9.17, 15) is 0 Å². The third kappa shape index (κ3) is 4.40. The molecule has 1 N–H and O–H groups in total. The van der Waals surface area contributed by atoms with Crippen molar-refractivity contribution in [3.63, 3.8) is 0 Å². The van der Waals surface area contributed by atoms with Crippen LogP contribution in [0.25, 0.3) is 16.9 Å². The molecule has 0 spiro atoms. The van der Waals surface area contributed by atoms with E-state index in [1.54, 1.807) is 10.9 Å². The summed E-state index contributed by atoms with van der Waals surface area (Å²) in [7, 11) is 4.13. The number of benzene rings is 2. The Morgan fingerprint density at radius 3 is 2.75 bits per heavy atom. The van der Waals surface area contributed by atoms with Crippen LogP contribution in [-0.2, 0) is 12.8 Å². The lowest BCUT2D eigenvalue weighted by Crippen LogP contribution is -2.15. The Labute approximate surface area is 187 Å². The molecule has 8 heteroatoms. The van der Waals surface area contributed by atoms with Crippen LogP contribution in [0.5, 0.6) is 5.75 Å². The zero-order valence-corrected chi connectivity index (χ0v) is 18.5. The molecule has 0 unspecified atom stereocenters. The molecule has 164 valence electrons. The Balaban J connectivity index is 1.30. The summed E-state index contributed by atoms with van der Waals surface area (Å²) in [4.78, 5) is 11.2. The zero-order chi connectivity index (χ0) is 21.9. The minimum Gasteiger partial charge on any atom is -0.494 e. The predicted molar refractivity (Wildman–Crippen MR) is 125 cm³/mol. The lowest BCUT2D eigenvalue weighted by Gasteiger charge is -2.11. The van der Waals surface area contributed by atoms with Gasteiger partial charge in [-0.3, -0.25) is 0 Å². The van der Waals surface area contributed by atoms with Gasteiger partial charge in [-0.2, -0.15) is 9.67 Å². The van der Waals surface area contributed by atoms with Crippen LogP contribution in [0.15, 0.2) is 48.7 Å². The van der Waals surface area contributed by atoms with Crippen molar-refractivity contribution in [3.05, 3.63) is 59.8 Å². The van der Waals surface area contributed by atoms with Gasteiger partial charge in [0, 0.05) is 12.2 Å². The molecule has 2 heterocycles. The second-order valence-corrected chi connectivity index (χ2v) is 8.36. The standard InChI is InChI=1S/C24H27N7O/c1-30(2)13-4-14-32-21-11-8-19(9-12-21)26-24-25-16-22-23(27-24)31(29-28-22)20-10-7-17-5-3-6-18(17)15-20/h7-12,15-16H,3-6,13-14H2,1-2H3,(H,25,26,27). The highest BCUT2D eigenvalue weighted by Crippen LogP contribution is 2.26. The predicted octanol–water partition coefficient (Wildman–Crippen LogP) is 3.77. The molecule has 0 saturated carbocycles. The summed E-state index contributed by atoms with van der Waals surface area (Å²) in [6, 6.07) is 14.3. The molecule has 1 aliphatic rings. The van der Waals surface area contributed by atoms with E-state index >= 15 is 0 Å². The van der Waals surface area contributed by atoms with Gasteiger partial charge in [-0.15, -0.1) is 5.10 Å². The zero-order valence-electron chi connectivity index (χ0n) is 18.5. The third-order valence-corrected chi connectivity index (χ3v) is 5.65. The van der Waals surface area contributed by atoms with E-state index in [0.717, 1.165) is 42.9 Å². The summed E-state index contributed by atoms with van der Waals surface area (Å²) >= 11 is 0. The molecule has 32 heavy (non-hydrogen) atoms. The van der Waals surface area contributed by atoms with Crippen molar-refractivity contribution in [2.45, 2.75) is 25.7 Å². The fourth-order valence-electron chi connectivity index (χ4n) is 3.99. The summed E-state index contributed by atoms with van der Waals surface area (Å²) in [5.74, 6) is 1.35. The number of ether oxygens (including phenoxy) is 1. The number of nitrogens with zero attached hydrogens (tertiary/aromatic N) is 6. The van der Waals surface area contributed by atoms with Crippen LogP contribution in [0.1, 0.15) is 24.0 Å². The summed E-state index contributed by atoms with van der Waals surface area (Å²) in [5.41, 5.74) is 6.04. The van der Waals surface area contributed by atoms with E-state index < -0.39 is 0 Å². The number of hydrogen-bond donors (Lipinski definition) is 1. The maximum absolute atomic E-state index is 5.80. The van der Waals surface area contributed by atoms with Crippen molar-refractivity contribution in [3.8, 4) is 11.4 Å². The average Bonchev–Trinajstić information content (AvgIpc) is 3.43. The summed E-state index contributed by atoms with van der Waals surface area (Å²) in [6.07, 6.45) is 6.18. The van der Waals surface area contributed by atoms with Crippen molar-refractivity contribution in [1.29, 1.82) is 0 Å². The highest BCUT2D eigenvalue weighted by molar-refractivity contribution is 5.73. The van der Waals surface area contributed by atoms with Crippen LogP contribution in [0.3, 0.4) is 0 Å².